The average Bonchev–Trinajstić information content (AvgIpc) is 2.92. The zero-order valence-electron chi connectivity index (χ0n) is 11.5. The maximum atomic E-state index is 13.3. The van der Waals surface area contributed by atoms with E-state index in [2.05, 4.69) is 4.72 Å². The topological polar surface area (TPSA) is 66.4 Å². The van der Waals surface area contributed by atoms with Gasteiger partial charge >= 0.3 is 0 Å². The molecule has 2 N–H and O–H groups in total. The minimum Gasteiger partial charge on any atom is -0.392 e. The summed E-state index contributed by atoms with van der Waals surface area (Å²) < 4.78 is 40.3. The van der Waals surface area contributed by atoms with E-state index in [9.17, 15) is 17.9 Å². The quantitative estimate of drug-likeness (QED) is 0.855. The summed E-state index contributed by atoms with van der Waals surface area (Å²) in [6.45, 7) is 1.69. The van der Waals surface area contributed by atoms with E-state index in [1.165, 1.54) is 17.4 Å². The molecule has 0 unspecified atom stereocenters. The van der Waals surface area contributed by atoms with E-state index in [0.29, 0.717) is 0 Å². The molecule has 1 aromatic carbocycles. The molecular formula is C14H16FNO3S2. The first-order valence-electron chi connectivity index (χ1n) is 6.42. The van der Waals surface area contributed by atoms with Crippen LogP contribution in [0.2, 0.25) is 0 Å². The van der Waals surface area contributed by atoms with Crippen molar-refractivity contribution in [1.82, 2.24) is 4.72 Å². The van der Waals surface area contributed by atoms with E-state index in [4.69, 9.17) is 0 Å². The molecule has 0 amide bonds. The number of halogens is 1. The molecule has 114 valence electrons. The van der Waals surface area contributed by atoms with Crippen molar-refractivity contribution in [1.29, 1.82) is 0 Å². The van der Waals surface area contributed by atoms with E-state index in [1.807, 2.05) is 18.4 Å². The average molecular weight is 329 g/mol. The fourth-order valence-electron chi connectivity index (χ4n) is 1.98. The van der Waals surface area contributed by atoms with Gasteiger partial charge in [0.2, 0.25) is 10.0 Å². The van der Waals surface area contributed by atoms with Crippen molar-refractivity contribution in [3.05, 3.63) is 51.5 Å². The molecule has 4 nitrogen and oxygen atoms in total. The van der Waals surface area contributed by atoms with Crippen molar-refractivity contribution < 1.29 is 17.9 Å². The largest absolute Gasteiger partial charge is 0.392 e. The Morgan fingerprint density at radius 2 is 2.05 bits per heavy atom. The van der Waals surface area contributed by atoms with Crippen LogP contribution >= 0.6 is 11.3 Å². The molecule has 0 fully saturated rings. The molecule has 0 aliphatic heterocycles. The first-order chi connectivity index (χ1) is 9.97. The van der Waals surface area contributed by atoms with E-state index < -0.39 is 22.4 Å². The third-order valence-electron chi connectivity index (χ3n) is 3.13. The molecule has 7 heteroatoms. The summed E-state index contributed by atoms with van der Waals surface area (Å²) in [4.78, 5) is 0.711. The molecule has 21 heavy (non-hydrogen) atoms. The third kappa shape index (κ3) is 3.68. The summed E-state index contributed by atoms with van der Waals surface area (Å²) in [6, 6.07) is 5.27. The molecule has 0 aliphatic rings. The van der Waals surface area contributed by atoms with Gasteiger partial charge in [-0.25, -0.2) is 17.5 Å². The predicted molar refractivity (Wildman–Crippen MR) is 80.0 cm³/mol. The lowest BCUT2D eigenvalue weighted by atomic mass is 10.2. The van der Waals surface area contributed by atoms with Crippen molar-refractivity contribution >= 4 is 21.4 Å². The number of aryl methyl sites for hydroxylation is 1. The lowest BCUT2D eigenvalue weighted by Crippen LogP contribution is -2.24. The molecule has 0 aliphatic carbocycles. The number of nitrogens with one attached hydrogen (secondary N) is 1. The Hall–Kier alpha value is -1.28. The second kappa shape index (κ2) is 6.65. The number of aliphatic hydroxyl groups excluding tert-OH is 1. The lowest BCUT2D eigenvalue weighted by Gasteiger charge is -2.10. The zero-order chi connectivity index (χ0) is 15.5. The minimum absolute atomic E-state index is 0.157. The number of hydrogen-bond acceptors (Lipinski definition) is 4. The molecule has 0 atom stereocenters. The Bertz CT molecular complexity index is 726. The van der Waals surface area contributed by atoms with Gasteiger partial charge in [0.15, 0.2) is 0 Å². The van der Waals surface area contributed by atoms with Crippen molar-refractivity contribution in [2.45, 2.75) is 31.4 Å². The highest BCUT2D eigenvalue weighted by atomic mass is 32.2. The van der Waals surface area contributed by atoms with Gasteiger partial charge in [0, 0.05) is 11.4 Å². The zero-order valence-corrected chi connectivity index (χ0v) is 13.1. The molecule has 0 bridgehead atoms. The van der Waals surface area contributed by atoms with Crippen LogP contribution in [0.25, 0.3) is 0 Å². The van der Waals surface area contributed by atoms with Gasteiger partial charge in [-0.1, -0.05) is 13.0 Å². The normalized spacial score (nSPS) is 11.8. The molecule has 2 rings (SSSR count). The fourth-order valence-corrected chi connectivity index (χ4v) is 4.23. The van der Waals surface area contributed by atoms with Gasteiger partial charge in [-0.3, -0.25) is 0 Å². The van der Waals surface area contributed by atoms with Crippen LogP contribution in [-0.2, 0) is 29.6 Å². The van der Waals surface area contributed by atoms with Crippen molar-refractivity contribution in [3.8, 4) is 0 Å². The van der Waals surface area contributed by atoms with Crippen LogP contribution in [0.3, 0.4) is 0 Å². The molecular weight excluding hydrogens is 313 g/mol. The van der Waals surface area contributed by atoms with Crippen molar-refractivity contribution in [3.63, 3.8) is 0 Å². The maximum Gasteiger partial charge on any atom is 0.241 e. The van der Waals surface area contributed by atoms with Gasteiger partial charge in [-0.05, 0) is 41.1 Å². The predicted octanol–water partition coefficient (Wildman–Crippen LogP) is 2.42. The first-order valence-corrected chi connectivity index (χ1v) is 8.78. The Morgan fingerprint density at radius 1 is 1.29 bits per heavy atom. The second-order valence-corrected chi connectivity index (χ2v) is 7.19. The molecule has 0 radical (unpaired) electrons. The number of thiophene rings is 1. The van der Waals surface area contributed by atoms with E-state index in [0.717, 1.165) is 29.0 Å². The van der Waals surface area contributed by atoms with Crippen LogP contribution in [0.1, 0.15) is 22.9 Å². The SMILES string of the molecule is CCc1ccsc1CNS(=O)(=O)c1cc(F)ccc1CO. The van der Waals surface area contributed by atoms with Gasteiger partial charge < -0.3 is 5.11 Å². The Morgan fingerprint density at radius 3 is 2.71 bits per heavy atom. The van der Waals surface area contributed by atoms with Crippen molar-refractivity contribution in [2.24, 2.45) is 0 Å². The standard InChI is InChI=1S/C14H16FNO3S2/c1-2-10-5-6-20-13(10)8-16-21(18,19)14-7-12(15)4-3-11(14)9-17/h3-7,16-17H,2,8-9H2,1H3. The summed E-state index contributed by atoms with van der Waals surface area (Å²) in [5.74, 6) is -0.655. The first kappa shape index (κ1) is 16.1. The molecule has 2 aromatic rings. The van der Waals surface area contributed by atoms with Gasteiger partial charge in [0.25, 0.3) is 0 Å². The Labute approximate surface area is 127 Å². The number of rotatable bonds is 6. The lowest BCUT2D eigenvalue weighted by molar-refractivity contribution is 0.278. The minimum atomic E-state index is -3.87. The fraction of sp³-hybridized carbons (Fsp3) is 0.286. The molecule has 0 saturated carbocycles. The highest BCUT2D eigenvalue weighted by Gasteiger charge is 2.19. The van der Waals surface area contributed by atoms with Gasteiger partial charge in [0.05, 0.1) is 11.5 Å². The summed E-state index contributed by atoms with van der Waals surface area (Å²) in [5, 5.41) is 11.1. The summed E-state index contributed by atoms with van der Waals surface area (Å²) >= 11 is 1.47. The number of hydrogen-bond donors (Lipinski definition) is 2. The van der Waals surface area contributed by atoms with E-state index in [-0.39, 0.29) is 17.0 Å². The third-order valence-corrected chi connectivity index (χ3v) is 5.58. The summed E-state index contributed by atoms with van der Waals surface area (Å²) in [7, 11) is -3.87. The highest BCUT2D eigenvalue weighted by molar-refractivity contribution is 7.89. The van der Waals surface area contributed by atoms with Crippen LogP contribution < -0.4 is 4.72 Å². The van der Waals surface area contributed by atoms with Crippen LogP contribution in [0.15, 0.2) is 34.5 Å². The smallest absolute Gasteiger partial charge is 0.241 e. The molecule has 0 saturated heterocycles. The second-order valence-electron chi connectivity index (χ2n) is 4.46. The van der Waals surface area contributed by atoms with E-state index >= 15 is 0 Å². The van der Waals surface area contributed by atoms with Crippen molar-refractivity contribution in [2.75, 3.05) is 0 Å². The number of benzene rings is 1. The number of sulfonamides is 1. The summed E-state index contributed by atoms with van der Waals surface area (Å²) in [5.41, 5.74) is 1.26. The van der Waals surface area contributed by atoms with Crippen LogP contribution in [0.4, 0.5) is 4.39 Å². The highest BCUT2D eigenvalue weighted by Crippen LogP contribution is 2.20. The monoisotopic (exact) mass is 329 g/mol. The van der Waals surface area contributed by atoms with Crippen LogP contribution in [-0.4, -0.2) is 13.5 Å². The van der Waals surface area contributed by atoms with Gasteiger partial charge in [-0.15, -0.1) is 11.3 Å². The summed E-state index contributed by atoms with van der Waals surface area (Å²) in [6.07, 6.45) is 0.822. The molecule has 1 aromatic heterocycles. The Balaban J connectivity index is 2.25. The van der Waals surface area contributed by atoms with Gasteiger partial charge in [-0.2, -0.15) is 0 Å². The van der Waals surface area contributed by atoms with Crippen LogP contribution in [0.5, 0.6) is 0 Å². The maximum absolute atomic E-state index is 13.3. The van der Waals surface area contributed by atoms with Crippen LogP contribution in [0, 0.1) is 5.82 Å². The van der Waals surface area contributed by atoms with Gasteiger partial charge in [0.1, 0.15) is 5.82 Å². The molecule has 1 heterocycles. The van der Waals surface area contributed by atoms with E-state index in [1.54, 1.807) is 0 Å². The number of aliphatic hydroxyl groups is 1. The molecule has 0 spiro atoms. The Kier molecular flexibility index (Phi) is 5.10.